The predicted octanol–water partition coefficient (Wildman–Crippen LogP) is 2.74. The Balaban J connectivity index is 1.78. The normalized spacial score (nSPS) is 12.3. The maximum absolute atomic E-state index is 5.78. The van der Waals surface area contributed by atoms with Crippen LogP contribution in [0.15, 0.2) is 49.1 Å². The molecule has 0 aliphatic rings. The second kappa shape index (κ2) is 5.35. The van der Waals surface area contributed by atoms with Gasteiger partial charge in [-0.05, 0) is 19.1 Å². The summed E-state index contributed by atoms with van der Waals surface area (Å²) >= 11 is 0. The van der Waals surface area contributed by atoms with Gasteiger partial charge < -0.3 is 9.30 Å². The van der Waals surface area contributed by atoms with Crippen LogP contribution in [0.2, 0.25) is 0 Å². The lowest BCUT2D eigenvalue weighted by atomic mass is 10.2. The molecule has 84 valence electrons. The zero-order valence-electron chi connectivity index (χ0n) is 9.41. The highest BCUT2D eigenvalue weighted by molar-refractivity contribution is 5.21. The average Bonchev–Trinajstić information content (AvgIpc) is 2.81. The molecule has 0 saturated carbocycles. The van der Waals surface area contributed by atoms with Gasteiger partial charge in [-0.2, -0.15) is 0 Å². The zero-order valence-corrected chi connectivity index (χ0v) is 9.41. The molecule has 1 aromatic carbocycles. The maximum Gasteiger partial charge on any atom is 0.119 e. The van der Waals surface area contributed by atoms with E-state index in [9.17, 15) is 0 Å². The molecule has 1 aromatic heterocycles. The number of hydrogen-bond acceptors (Lipinski definition) is 2. The van der Waals surface area contributed by atoms with Gasteiger partial charge in [-0.25, -0.2) is 4.98 Å². The number of aryl methyl sites for hydroxylation is 1. The number of hydrogen-bond donors (Lipinski definition) is 0. The first kappa shape index (κ1) is 10.7. The summed E-state index contributed by atoms with van der Waals surface area (Å²) in [5.41, 5.74) is 0. The molecule has 2 rings (SSSR count). The topological polar surface area (TPSA) is 27.1 Å². The number of para-hydroxylation sites is 1. The van der Waals surface area contributed by atoms with Gasteiger partial charge in [-0.3, -0.25) is 0 Å². The Hall–Kier alpha value is -1.77. The van der Waals surface area contributed by atoms with E-state index in [1.165, 1.54) is 0 Å². The van der Waals surface area contributed by atoms with Crippen molar-refractivity contribution in [3.63, 3.8) is 0 Å². The van der Waals surface area contributed by atoms with Crippen LogP contribution >= 0.6 is 0 Å². The lowest BCUT2D eigenvalue weighted by Gasteiger charge is -2.14. The summed E-state index contributed by atoms with van der Waals surface area (Å²) in [4.78, 5) is 4.01. The van der Waals surface area contributed by atoms with Crippen LogP contribution in [-0.2, 0) is 6.54 Å². The van der Waals surface area contributed by atoms with Gasteiger partial charge in [0.2, 0.25) is 0 Å². The SMILES string of the molecule is CC(CCn1ccnc1)Oc1ccccc1. The van der Waals surface area contributed by atoms with Crippen LogP contribution in [0.3, 0.4) is 0 Å². The number of ether oxygens (including phenoxy) is 1. The summed E-state index contributed by atoms with van der Waals surface area (Å²) in [5, 5.41) is 0. The Morgan fingerprint density at radius 3 is 2.81 bits per heavy atom. The first-order valence-electron chi connectivity index (χ1n) is 5.52. The highest BCUT2D eigenvalue weighted by Crippen LogP contribution is 2.12. The van der Waals surface area contributed by atoms with Crippen molar-refractivity contribution >= 4 is 0 Å². The van der Waals surface area contributed by atoms with Crippen molar-refractivity contribution in [1.82, 2.24) is 9.55 Å². The minimum absolute atomic E-state index is 0.213. The van der Waals surface area contributed by atoms with Crippen molar-refractivity contribution in [3.8, 4) is 5.75 Å². The smallest absolute Gasteiger partial charge is 0.119 e. The van der Waals surface area contributed by atoms with E-state index in [1.807, 2.05) is 42.9 Å². The van der Waals surface area contributed by atoms with E-state index in [1.54, 1.807) is 6.20 Å². The second-order valence-corrected chi connectivity index (χ2v) is 3.83. The monoisotopic (exact) mass is 216 g/mol. The summed E-state index contributed by atoms with van der Waals surface area (Å²) in [6.07, 6.45) is 6.78. The van der Waals surface area contributed by atoms with Crippen LogP contribution in [0.1, 0.15) is 13.3 Å². The molecule has 0 amide bonds. The molecule has 0 N–H and O–H groups in total. The molecule has 1 heterocycles. The van der Waals surface area contributed by atoms with Crippen LogP contribution in [0.25, 0.3) is 0 Å². The molecule has 3 nitrogen and oxygen atoms in total. The van der Waals surface area contributed by atoms with Crippen LogP contribution < -0.4 is 4.74 Å². The maximum atomic E-state index is 5.78. The van der Waals surface area contributed by atoms with Crippen molar-refractivity contribution in [2.45, 2.75) is 26.0 Å². The average molecular weight is 216 g/mol. The third-order valence-corrected chi connectivity index (χ3v) is 2.43. The van der Waals surface area contributed by atoms with E-state index in [4.69, 9.17) is 4.74 Å². The molecule has 0 aliphatic carbocycles. The molecule has 0 bridgehead atoms. The minimum Gasteiger partial charge on any atom is -0.491 e. The molecule has 1 atom stereocenters. The van der Waals surface area contributed by atoms with Crippen LogP contribution in [0.5, 0.6) is 5.75 Å². The minimum atomic E-state index is 0.213. The van der Waals surface area contributed by atoms with Gasteiger partial charge in [0.1, 0.15) is 5.75 Å². The molecule has 1 unspecified atom stereocenters. The van der Waals surface area contributed by atoms with Crippen molar-refractivity contribution < 1.29 is 4.74 Å². The van der Waals surface area contributed by atoms with E-state index in [0.29, 0.717) is 0 Å². The fourth-order valence-electron chi connectivity index (χ4n) is 1.54. The Bertz CT molecular complexity index is 397. The molecule has 0 radical (unpaired) electrons. The molecule has 0 saturated heterocycles. The molecule has 3 heteroatoms. The highest BCUT2D eigenvalue weighted by atomic mass is 16.5. The third kappa shape index (κ3) is 3.12. The van der Waals surface area contributed by atoms with Gasteiger partial charge in [0.15, 0.2) is 0 Å². The summed E-state index contributed by atoms with van der Waals surface area (Å²) in [6, 6.07) is 9.92. The zero-order chi connectivity index (χ0) is 11.2. The van der Waals surface area contributed by atoms with Gasteiger partial charge in [0.05, 0.1) is 12.4 Å². The molecule has 0 aliphatic heterocycles. The molecular formula is C13H16N2O. The summed E-state index contributed by atoms with van der Waals surface area (Å²) in [7, 11) is 0. The van der Waals surface area contributed by atoms with Crippen molar-refractivity contribution in [2.24, 2.45) is 0 Å². The number of imidazole rings is 1. The summed E-state index contributed by atoms with van der Waals surface area (Å²) < 4.78 is 7.84. The fourth-order valence-corrected chi connectivity index (χ4v) is 1.54. The molecule has 16 heavy (non-hydrogen) atoms. The van der Waals surface area contributed by atoms with E-state index in [-0.39, 0.29) is 6.10 Å². The summed E-state index contributed by atoms with van der Waals surface area (Å²) in [5.74, 6) is 0.931. The number of benzene rings is 1. The van der Waals surface area contributed by atoms with Gasteiger partial charge in [0, 0.05) is 25.4 Å². The van der Waals surface area contributed by atoms with E-state index in [0.717, 1.165) is 18.7 Å². The third-order valence-electron chi connectivity index (χ3n) is 2.43. The van der Waals surface area contributed by atoms with E-state index in [2.05, 4.69) is 16.5 Å². The lowest BCUT2D eigenvalue weighted by molar-refractivity contribution is 0.204. The fraction of sp³-hybridized carbons (Fsp3) is 0.308. The largest absolute Gasteiger partial charge is 0.491 e. The number of nitrogens with zero attached hydrogens (tertiary/aromatic N) is 2. The van der Waals surface area contributed by atoms with Crippen molar-refractivity contribution in [2.75, 3.05) is 0 Å². The molecule has 0 fully saturated rings. The second-order valence-electron chi connectivity index (χ2n) is 3.83. The van der Waals surface area contributed by atoms with Crippen LogP contribution in [-0.4, -0.2) is 15.7 Å². The van der Waals surface area contributed by atoms with Crippen molar-refractivity contribution in [1.29, 1.82) is 0 Å². The predicted molar refractivity (Wildman–Crippen MR) is 63.4 cm³/mol. The lowest BCUT2D eigenvalue weighted by Crippen LogP contribution is -2.14. The molecule has 2 aromatic rings. The first-order valence-corrected chi connectivity index (χ1v) is 5.52. The quantitative estimate of drug-likeness (QED) is 0.768. The summed E-state index contributed by atoms with van der Waals surface area (Å²) in [6.45, 7) is 3.03. The Labute approximate surface area is 95.7 Å². The van der Waals surface area contributed by atoms with Crippen LogP contribution in [0, 0.1) is 0 Å². The highest BCUT2D eigenvalue weighted by Gasteiger charge is 2.03. The van der Waals surface area contributed by atoms with Gasteiger partial charge in [0.25, 0.3) is 0 Å². The van der Waals surface area contributed by atoms with E-state index >= 15 is 0 Å². The Morgan fingerprint density at radius 2 is 2.12 bits per heavy atom. The van der Waals surface area contributed by atoms with Gasteiger partial charge >= 0.3 is 0 Å². The van der Waals surface area contributed by atoms with Crippen molar-refractivity contribution in [3.05, 3.63) is 49.1 Å². The number of aromatic nitrogens is 2. The molecule has 0 spiro atoms. The Kier molecular flexibility index (Phi) is 3.59. The standard InChI is InChI=1S/C13H16N2O/c1-12(7-9-15-10-8-14-11-15)16-13-5-3-2-4-6-13/h2-6,8,10-12H,7,9H2,1H3. The van der Waals surface area contributed by atoms with Gasteiger partial charge in [-0.1, -0.05) is 18.2 Å². The first-order chi connectivity index (χ1) is 7.84. The number of rotatable bonds is 5. The van der Waals surface area contributed by atoms with E-state index < -0.39 is 0 Å². The molecular weight excluding hydrogens is 200 g/mol. The van der Waals surface area contributed by atoms with Gasteiger partial charge in [-0.15, -0.1) is 0 Å². The van der Waals surface area contributed by atoms with Crippen LogP contribution in [0.4, 0.5) is 0 Å². The Morgan fingerprint density at radius 1 is 1.31 bits per heavy atom.